The van der Waals surface area contributed by atoms with Crippen LogP contribution >= 0.6 is 0 Å². The Labute approximate surface area is 163 Å². The van der Waals surface area contributed by atoms with E-state index in [4.69, 9.17) is 4.74 Å². The van der Waals surface area contributed by atoms with Crippen molar-refractivity contribution in [3.8, 4) is 5.75 Å². The predicted octanol–water partition coefficient (Wildman–Crippen LogP) is 3.99. The molecule has 0 amide bonds. The molecule has 0 spiro atoms. The van der Waals surface area contributed by atoms with Gasteiger partial charge in [-0.2, -0.15) is 5.10 Å². The Bertz CT molecular complexity index is 983. The van der Waals surface area contributed by atoms with Crippen molar-refractivity contribution in [2.45, 2.75) is 31.6 Å². The minimum Gasteiger partial charge on any atom is -0.495 e. The van der Waals surface area contributed by atoms with Crippen molar-refractivity contribution in [1.82, 2.24) is 0 Å². The molecule has 10 heteroatoms. The van der Waals surface area contributed by atoms with E-state index < -0.39 is 20.6 Å². The zero-order chi connectivity index (χ0) is 20.7. The van der Waals surface area contributed by atoms with Crippen molar-refractivity contribution in [2.75, 3.05) is 17.3 Å². The molecule has 9 nitrogen and oxygen atoms in total. The van der Waals surface area contributed by atoms with Crippen molar-refractivity contribution in [3.63, 3.8) is 0 Å². The Hall–Kier alpha value is -3.14. The van der Waals surface area contributed by atoms with Gasteiger partial charge in [0, 0.05) is 11.8 Å². The third-order valence-corrected chi connectivity index (χ3v) is 5.34. The molecule has 2 aromatic carbocycles. The van der Waals surface area contributed by atoms with Crippen LogP contribution in [0.5, 0.6) is 5.75 Å². The second-order valence-electron chi connectivity index (χ2n) is 5.74. The summed E-state index contributed by atoms with van der Waals surface area (Å²) in [7, 11) is -2.64. The van der Waals surface area contributed by atoms with Crippen LogP contribution in [-0.4, -0.2) is 26.2 Å². The van der Waals surface area contributed by atoms with Gasteiger partial charge in [-0.1, -0.05) is 26.0 Å². The largest absolute Gasteiger partial charge is 0.495 e. The van der Waals surface area contributed by atoms with Crippen LogP contribution in [-0.2, 0) is 10.0 Å². The number of hydrogen-bond acceptors (Lipinski definition) is 7. The number of nitro benzene ring substituents is 1. The fourth-order valence-electron chi connectivity index (χ4n) is 2.40. The maximum atomic E-state index is 12.7. The van der Waals surface area contributed by atoms with Gasteiger partial charge in [-0.15, -0.1) is 0 Å². The van der Waals surface area contributed by atoms with Gasteiger partial charge in [0.25, 0.3) is 15.7 Å². The van der Waals surface area contributed by atoms with Crippen molar-refractivity contribution in [1.29, 1.82) is 0 Å². The summed E-state index contributed by atoms with van der Waals surface area (Å²) in [6, 6.07) is 10.1. The second-order valence-corrected chi connectivity index (χ2v) is 7.42. The van der Waals surface area contributed by atoms with Crippen molar-refractivity contribution in [2.24, 2.45) is 5.10 Å². The number of hydrogen-bond donors (Lipinski definition) is 2. The lowest BCUT2D eigenvalue weighted by atomic mass is 10.2. The predicted molar refractivity (Wildman–Crippen MR) is 109 cm³/mol. The van der Waals surface area contributed by atoms with Gasteiger partial charge < -0.3 is 4.74 Å². The standard InChI is InChI=1S/C18H22N4O5S/c1-4-13(5-2)19-20-15-11-10-14(12-17(15)22(23)24)28(25,26)21-16-8-6-7-9-18(16)27-3/h6-12,20-21H,4-5H2,1-3H3. The number of sulfonamides is 1. The molecule has 150 valence electrons. The number of nitrogens with one attached hydrogen (secondary N) is 2. The lowest BCUT2D eigenvalue weighted by Gasteiger charge is -2.12. The van der Waals surface area contributed by atoms with E-state index in [1.165, 1.54) is 25.3 Å². The number of nitro groups is 1. The summed E-state index contributed by atoms with van der Waals surface area (Å²) in [6.45, 7) is 3.86. The van der Waals surface area contributed by atoms with E-state index in [9.17, 15) is 18.5 Å². The van der Waals surface area contributed by atoms with Crippen LogP contribution in [0.2, 0.25) is 0 Å². The smallest absolute Gasteiger partial charge is 0.295 e. The van der Waals surface area contributed by atoms with Crippen LogP contribution < -0.4 is 14.9 Å². The van der Waals surface area contributed by atoms with Gasteiger partial charge in [0.2, 0.25) is 0 Å². The highest BCUT2D eigenvalue weighted by molar-refractivity contribution is 7.92. The molecule has 0 heterocycles. The molecule has 0 unspecified atom stereocenters. The quantitative estimate of drug-likeness (QED) is 0.369. The molecular formula is C18H22N4O5S. The monoisotopic (exact) mass is 406 g/mol. The number of ether oxygens (including phenoxy) is 1. The van der Waals surface area contributed by atoms with E-state index in [1.807, 2.05) is 13.8 Å². The molecule has 2 aromatic rings. The molecule has 2 rings (SSSR count). The van der Waals surface area contributed by atoms with Crippen LogP contribution in [0.3, 0.4) is 0 Å². The van der Waals surface area contributed by atoms with E-state index in [0.29, 0.717) is 18.6 Å². The Kier molecular flexibility index (Phi) is 6.94. The van der Waals surface area contributed by atoms with Crippen LogP contribution in [0.25, 0.3) is 0 Å². The zero-order valence-corrected chi connectivity index (χ0v) is 16.6. The summed E-state index contributed by atoms with van der Waals surface area (Å²) in [5.74, 6) is 0.333. The maximum absolute atomic E-state index is 12.7. The fraction of sp³-hybridized carbons (Fsp3) is 0.278. The molecule has 0 aliphatic heterocycles. The summed E-state index contributed by atoms with van der Waals surface area (Å²) >= 11 is 0. The first kappa shape index (κ1) is 21.2. The molecule has 0 bridgehead atoms. The molecule has 0 saturated heterocycles. The Balaban J connectivity index is 2.39. The molecule has 0 atom stereocenters. The summed E-state index contributed by atoms with van der Waals surface area (Å²) < 4.78 is 32.9. The summed E-state index contributed by atoms with van der Waals surface area (Å²) in [5.41, 5.74) is 3.44. The molecule has 2 N–H and O–H groups in total. The minimum atomic E-state index is -4.06. The highest BCUT2D eigenvalue weighted by Crippen LogP contribution is 2.30. The van der Waals surface area contributed by atoms with Crippen molar-refractivity contribution in [3.05, 3.63) is 52.6 Å². The van der Waals surface area contributed by atoms with Gasteiger partial charge in [0.1, 0.15) is 11.4 Å². The highest BCUT2D eigenvalue weighted by Gasteiger charge is 2.22. The summed E-state index contributed by atoms with van der Waals surface area (Å²) in [4.78, 5) is 10.5. The lowest BCUT2D eigenvalue weighted by Crippen LogP contribution is -2.14. The second kappa shape index (κ2) is 9.18. The Morgan fingerprint density at radius 1 is 1.14 bits per heavy atom. The fourth-order valence-corrected chi connectivity index (χ4v) is 3.49. The Morgan fingerprint density at radius 3 is 2.43 bits per heavy atom. The van der Waals surface area contributed by atoms with E-state index in [2.05, 4.69) is 15.2 Å². The number of anilines is 2. The number of benzene rings is 2. The average Bonchev–Trinajstić information content (AvgIpc) is 2.68. The molecular weight excluding hydrogens is 384 g/mol. The average molecular weight is 406 g/mol. The molecule has 0 aliphatic rings. The molecule has 0 fully saturated rings. The van der Waals surface area contributed by atoms with Crippen molar-refractivity contribution < 1.29 is 18.1 Å². The highest BCUT2D eigenvalue weighted by atomic mass is 32.2. The summed E-state index contributed by atoms with van der Waals surface area (Å²) in [6.07, 6.45) is 1.40. The molecule has 0 aromatic heterocycles. The molecule has 0 aliphatic carbocycles. The molecule has 0 radical (unpaired) electrons. The van der Waals surface area contributed by atoms with Crippen molar-refractivity contribution >= 4 is 32.8 Å². The first-order valence-corrected chi connectivity index (χ1v) is 10.1. The van der Waals surface area contributed by atoms with E-state index in [1.54, 1.807) is 18.2 Å². The number of para-hydroxylation sites is 2. The van der Waals surface area contributed by atoms with Crippen LogP contribution in [0.15, 0.2) is 52.5 Å². The van der Waals surface area contributed by atoms with Crippen LogP contribution in [0.4, 0.5) is 17.1 Å². The summed E-state index contributed by atoms with van der Waals surface area (Å²) in [5, 5.41) is 15.6. The Morgan fingerprint density at radius 2 is 1.82 bits per heavy atom. The normalized spacial score (nSPS) is 10.8. The van der Waals surface area contributed by atoms with Gasteiger partial charge in [-0.3, -0.25) is 20.3 Å². The molecule has 28 heavy (non-hydrogen) atoms. The van der Waals surface area contributed by atoms with Gasteiger partial charge in [0.15, 0.2) is 0 Å². The topological polar surface area (TPSA) is 123 Å². The van der Waals surface area contributed by atoms with Gasteiger partial charge in [-0.25, -0.2) is 8.42 Å². The number of methoxy groups -OCH3 is 1. The third kappa shape index (κ3) is 4.97. The maximum Gasteiger partial charge on any atom is 0.295 e. The lowest BCUT2D eigenvalue weighted by molar-refractivity contribution is -0.384. The first-order chi connectivity index (χ1) is 13.3. The van der Waals surface area contributed by atoms with Gasteiger partial charge >= 0.3 is 0 Å². The minimum absolute atomic E-state index is 0.112. The van der Waals surface area contributed by atoms with Gasteiger partial charge in [0.05, 0.1) is 22.6 Å². The number of rotatable bonds is 9. The SMILES string of the molecule is CCC(CC)=NNc1ccc(S(=O)(=O)Nc2ccccc2OC)cc1[N+](=O)[O-]. The van der Waals surface area contributed by atoms with Gasteiger partial charge in [-0.05, 0) is 37.1 Å². The van der Waals surface area contributed by atoms with Crippen LogP contribution in [0, 0.1) is 10.1 Å². The third-order valence-electron chi connectivity index (χ3n) is 3.98. The number of hydrazone groups is 1. The van der Waals surface area contributed by atoms with E-state index in [-0.39, 0.29) is 16.3 Å². The first-order valence-electron chi connectivity index (χ1n) is 8.58. The van der Waals surface area contributed by atoms with E-state index in [0.717, 1.165) is 11.8 Å². The van der Waals surface area contributed by atoms with Crippen LogP contribution in [0.1, 0.15) is 26.7 Å². The van der Waals surface area contributed by atoms with E-state index >= 15 is 0 Å². The molecule has 0 saturated carbocycles. The number of nitrogens with zero attached hydrogens (tertiary/aromatic N) is 2. The zero-order valence-electron chi connectivity index (χ0n) is 15.8.